The summed E-state index contributed by atoms with van der Waals surface area (Å²) in [6.07, 6.45) is 7.31. The van der Waals surface area contributed by atoms with E-state index in [1.165, 1.54) is 33.4 Å². The molecule has 1 aromatic carbocycles. The zero-order valence-corrected chi connectivity index (χ0v) is 17.1. The monoisotopic (exact) mass is 394 g/mol. The fourth-order valence-electron chi connectivity index (χ4n) is 4.90. The highest BCUT2D eigenvalue weighted by Crippen LogP contribution is 2.45. The molecule has 0 spiro atoms. The van der Waals surface area contributed by atoms with E-state index >= 15 is 0 Å². The molecule has 0 amide bonds. The molecule has 7 heteroatoms. The van der Waals surface area contributed by atoms with Crippen molar-refractivity contribution in [1.82, 2.24) is 9.63 Å². The molecule has 1 fully saturated rings. The number of nitrogens with zero attached hydrogens (tertiary/aromatic N) is 2. The van der Waals surface area contributed by atoms with Crippen LogP contribution in [-0.2, 0) is 16.5 Å². The van der Waals surface area contributed by atoms with Gasteiger partial charge in [-0.15, -0.1) is 0 Å². The van der Waals surface area contributed by atoms with Gasteiger partial charge in [-0.05, 0) is 54.5 Å². The van der Waals surface area contributed by atoms with Crippen LogP contribution in [0, 0.1) is 5.92 Å². The Morgan fingerprint density at radius 2 is 2.15 bits per heavy atom. The van der Waals surface area contributed by atoms with Crippen LogP contribution in [0.2, 0.25) is 0 Å². The van der Waals surface area contributed by atoms with Gasteiger partial charge in [0.1, 0.15) is 0 Å². The van der Waals surface area contributed by atoms with Crippen LogP contribution in [0.4, 0.5) is 0 Å². The summed E-state index contributed by atoms with van der Waals surface area (Å²) in [7, 11) is -3.56. The molecule has 0 bridgehead atoms. The fourth-order valence-corrected chi connectivity index (χ4v) is 6.03. The highest BCUT2D eigenvalue weighted by Gasteiger charge is 2.40. The summed E-state index contributed by atoms with van der Waals surface area (Å²) in [6, 6.07) is 6.70. The van der Waals surface area contributed by atoms with Gasteiger partial charge < -0.3 is 0 Å². The number of aromatic nitrogens is 1. The molecule has 1 aromatic heterocycles. The van der Waals surface area contributed by atoms with Crippen LogP contribution in [0.25, 0.3) is 10.9 Å². The second kappa shape index (κ2) is 6.77. The molecular weight excluding hydrogens is 368 g/mol. The van der Waals surface area contributed by atoms with Gasteiger partial charge in [0.15, 0.2) is 0 Å². The summed E-state index contributed by atoms with van der Waals surface area (Å²) < 4.78 is 30.0. The lowest BCUT2D eigenvalue weighted by Gasteiger charge is -2.46. The number of rotatable bonds is 5. The molecule has 3 atom stereocenters. The third kappa shape index (κ3) is 3.14. The van der Waals surface area contributed by atoms with E-state index < -0.39 is 10.1 Å². The van der Waals surface area contributed by atoms with Crippen LogP contribution < -0.4 is 4.28 Å². The van der Waals surface area contributed by atoms with Crippen molar-refractivity contribution in [2.75, 3.05) is 31.4 Å². The predicted octanol–water partition coefficient (Wildman–Crippen LogP) is 2.74. The standard InChI is InChI=1S/C19H26N2O3S2/c1-4-20-10-13(12-25-2)8-16-15-6-5-7-17-19(15)14(9-18(16)20)11-21(17)24-26(3,22)23/h5-7,11,13,16,18H,4,8-10,12H2,1-3H3/t13?,16-,18-/m0/s1. The van der Waals surface area contributed by atoms with E-state index in [0.29, 0.717) is 17.9 Å². The number of hydrogen-bond donors (Lipinski definition) is 0. The van der Waals surface area contributed by atoms with E-state index in [4.69, 9.17) is 4.28 Å². The Balaban J connectivity index is 1.80. The van der Waals surface area contributed by atoms with Crippen LogP contribution in [0.3, 0.4) is 0 Å². The van der Waals surface area contributed by atoms with E-state index in [9.17, 15) is 8.42 Å². The number of likely N-dealkylation sites (tertiary alicyclic amines) is 1. The zero-order chi connectivity index (χ0) is 18.5. The van der Waals surface area contributed by atoms with Gasteiger partial charge in [-0.1, -0.05) is 19.1 Å². The summed E-state index contributed by atoms with van der Waals surface area (Å²) in [5.41, 5.74) is 3.41. The third-order valence-corrected chi connectivity index (χ3v) is 7.01. The average Bonchev–Trinajstić information content (AvgIpc) is 2.92. The molecule has 2 heterocycles. The summed E-state index contributed by atoms with van der Waals surface area (Å²) >= 11 is 1.93. The van der Waals surface area contributed by atoms with Crippen LogP contribution >= 0.6 is 11.8 Å². The first kappa shape index (κ1) is 18.2. The van der Waals surface area contributed by atoms with E-state index in [1.807, 2.05) is 30.1 Å². The Morgan fingerprint density at radius 3 is 2.85 bits per heavy atom. The first-order valence-corrected chi connectivity index (χ1v) is 12.4. The van der Waals surface area contributed by atoms with Crippen LogP contribution in [0.15, 0.2) is 24.4 Å². The molecule has 1 aliphatic carbocycles. The Bertz CT molecular complexity index is 922. The average molecular weight is 395 g/mol. The van der Waals surface area contributed by atoms with E-state index in [2.05, 4.69) is 24.1 Å². The van der Waals surface area contributed by atoms with Gasteiger partial charge in [0.2, 0.25) is 0 Å². The predicted molar refractivity (Wildman–Crippen MR) is 107 cm³/mol. The Kier molecular flexibility index (Phi) is 4.73. The topological polar surface area (TPSA) is 51.5 Å². The molecule has 142 valence electrons. The zero-order valence-electron chi connectivity index (χ0n) is 15.5. The third-order valence-electron chi connectivity index (χ3n) is 5.77. The van der Waals surface area contributed by atoms with Gasteiger partial charge in [0.25, 0.3) is 0 Å². The van der Waals surface area contributed by atoms with Crippen molar-refractivity contribution in [3.8, 4) is 0 Å². The molecule has 1 unspecified atom stereocenters. The fraction of sp³-hybridized carbons (Fsp3) is 0.579. The first-order valence-electron chi connectivity index (χ1n) is 9.17. The molecule has 4 rings (SSSR count). The number of likely N-dealkylation sites (N-methyl/N-ethyl adjacent to an activating group) is 1. The number of piperidine rings is 1. The van der Waals surface area contributed by atoms with Crippen molar-refractivity contribution < 1.29 is 12.7 Å². The van der Waals surface area contributed by atoms with Crippen molar-refractivity contribution in [3.05, 3.63) is 35.5 Å². The summed E-state index contributed by atoms with van der Waals surface area (Å²) in [4.78, 5) is 2.62. The molecule has 2 aromatic rings. The van der Waals surface area contributed by atoms with E-state index in [-0.39, 0.29) is 0 Å². The van der Waals surface area contributed by atoms with Gasteiger partial charge >= 0.3 is 10.1 Å². The highest BCUT2D eigenvalue weighted by molar-refractivity contribution is 7.98. The second-order valence-electron chi connectivity index (χ2n) is 7.52. The Labute approximate surface area is 159 Å². The highest BCUT2D eigenvalue weighted by atomic mass is 32.2. The lowest BCUT2D eigenvalue weighted by atomic mass is 9.72. The largest absolute Gasteiger partial charge is 0.324 e. The lowest BCUT2D eigenvalue weighted by molar-refractivity contribution is 0.0984. The lowest BCUT2D eigenvalue weighted by Crippen LogP contribution is -2.50. The van der Waals surface area contributed by atoms with Gasteiger partial charge in [-0.3, -0.25) is 9.18 Å². The van der Waals surface area contributed by atoms with Crippen molar-refractivity contribution >= 4 is 32.8 Å². The molecular formula is C19H26N2O3S2. The number of hydrogen-bond acceptors (Lipinski definition) is 5. The number of thioether (sulfide) groups is 1. The molecule has 0 saturated carbocycles. The first-order chi connectivity index (χ1) is 12.4. The number of benzene rings is 1. The quantitative estimate of drug-likeness (QED) is 0.781. The smallest absolute Gasteiger partial charge is 0.299 e. The molecule has 1 saturated heterocycles. The summed E-state index contributed by atoms with van der Waals surface area (Å²) in [5, 5.41) is 1.19. The van der Waals surface area contributed by atoms with Gasteiger partial charge in [-0.2, -0.15) is 24.9 Å². The van der Waals surface area contributed by atoms with Gasteiger partial charge in [0, 0.05) is 30.1 Å². The summed E-state index contributed by atoms with van der Waals surface area (Å²) in [5.74, 6) is 2.41. The van der Waals surface area contributed by atoms with Crippen LogP contribution in [0.1, 0.15) is 30.4 Å². The van der Waals surface area contributed by atoms with Gasteiger partial charge in [-0.25, -0.2) is 0 Å². The molecule has 26 heavy (non-hydrogen) atoms. The Hall–Kier alpha value is -1.18. The summed E-state index contributed by atoms with van der Waals surface area (Å²) in [6.45, 7) is 4.45. The SMILES string of the molecule is CCN1CC(CSC)C[C@H]2c3cccc4c3c(cn4OS(C)(=O)=O)C[C@@H]21. The van der Waals surface area contributed by atoms with Crippen LogP contribution in [0.5, 0.6) is 0 Å². The normalized spacial score (nSPS) is 26.0. The minimum absolute atomic E-state index is 0.491. The maximum atomic E-state index is 11.7. The van der Waals surface area contributed by atoms with E-state index in [1.54, 1.807) is 0 Å². The Morgan fingerprint density at radius 1 is 1.35 bits per heavy atom. The van der Waals surface area contributed by atoms with Crippen molar-refractivity contribution in [2.24, 2.45) is 5.92 Å². The van der Waals surface area contributed by atoms with Crippen LogP contribution in [-0.4, -0.2) is 55.4 Å². The molecule has 5 nitrogen and oxygen atoms in total. The van der Waals surface area contributed by atoms with Crippen molar-refractivity contribution in [1.29, 1.82) is 0 Å². The minimum atomic E-state index is -3.56. The number of fused-ring (bicyclic) bond motifs is 2. The van der Waals surface area contributed by atoms with Crippen molar-refractivity contribution in [2.45, 2.75) is 31.7 Å². The van der Waals surface area contributed by atoms with Crippen molar-refractivity contribution in [3.63, 3.8) is 0 Å². The molecule has 1 aliphatic heterocycles. The van der Waals surface area contributed by atoms with E-state index in [0.717, 1.165) is 31.3 Å². The van der Waals surface area contributed by atoms with Gasteiger partial charge in [0.05, 0.1) is 11.8 Å². The molecule has 0 N–H and O–H groups in total. The molecule has 0 radical (unpaired) electrons. The molecule has 2 aliphatic rings. The maximum absolute atomic E-state index is 11.7. The maximum Gasteiger partial charge on any atom is 0.324 e. The second-order valence-corrected chi connectivity index (χ2v) is 9.99. The minimum Gasteiger partial charge on any atom is -0.299 e.